The Morgan fingerprint density at radius 2 is 1.79 bits per heavy atom. The van der Waals surface area contributed by atoms with Gasteiger partial charge in [-0.2, -0.15) is 0 Å². The van der Waals surface area contributed by atoms with Crippen LogP contribution in [0.2, 0.25) is 0 Å². The first-order valence-electron chi connectivity index (χ1n) is 12.4. The topological polar surface area (TPSA) is 107 Å². The van der Waals surface area contributed by atoms with Gasteiger partial charge in [0.15, 0.2) is 5.65 Å². The van der Waals surface area contributed by atoms with Crippen molar-refractivity contribution in [3.63, 3.8) is 0 Å². The van der Waals surface area contributed by atoms with Crippen LogP contribution in [0.3, 0.4) is 0 Å². The smallest absolute Gasteiger partial charge is 0.354 e. The van der Waals surface area contributed by atoms with Gasteiger partial charge in [0.25, 0.3) is 0 Å². The van der Waals surface area contributed by atoms with Crippen molar-refractivity contribution in [3.8, 4) is 17.2 Å². The van der Waals surface area contributed by atoms with E-state index in [0.29, 0.717) is 30.3 Å². The molecule has 38 heavy (non-hydrogen) atoms. The number of hydrogen-bond donors (Lipinski definition) is 1. The molecule has 0 amide bonds. The van der Waals surface area contributed by atoms with Crippen molar-refractivity contribution in [1.82, 2.24) is 28.6 Å². The number of aromatic nitrogens is 5. The van der Waals surface area contributed by atoms with E-state index in [-0.39, 0.29) is 17.4 Å². The van der Waals surface area contributed by atoms with Crippen LogP contribution < -0.4 is 10.4 Å². The standard InChI is InChI=1S/C28H26N6O4/c1-31-24(27(35)36)16-30-25(31)18-32-15-13-20(17-32)34-26-23(8-5-14-29-26)33(28(34)37)19-9-11-22(12-10-19)38-21-6-3-2-4-7-21/h2-12,14,16,20H,13,15,17-18H2,1H3,(H,35,36). The highest BCUT2D eigenvalue weighted by Gasteiger charge is 2.30. The Labute approximate surface area is 218 Å². The maximum Gasteiger partial charge on any atom is 0.354 e. The summed E-state index contributed by atoms with van der Waals surface area (Å²) in [7, 11) is 1.71. The second-order valence-electron chi connectivity index (χ2n) is 9.34. The summed E-state index contributed by atoms with van der Waals surface area (Å²) in [5.41, 5.74) is 2.12. The molecule has 1 atom stereocenters. The molecule has 0 bridgehead atoms. The van der Waals surface area contributed by atoms with Crippen LogP contribution >= 0.6 is 0 Å². The van der Waals surface area contributed by atoms with E-state index < -0.39 is 5.97 Å². The fourth-order valence-corrected chi connectivity index (χ4v) is 5.08. The maximum absolute atomic E-state index is 13.8. The van der Waals surface area contributed by atoms with Crippen LogP contribution in [0.1, 0.15) is 28.8 Å². The molecule has 3 aromatic heterocycles. The van der Waals surface area contributed by atoms with E-state index >= 15 is 0 Å². The summed E-state index contributed by atoms with van der Waals surface area (Å²) < 4.78 is 11.0. The second kappa shape index (κ2) is 9.64. The summed E-state index contributed by atoms with van der Waals surface area (Å²) in [6.45, 7) is 1.90. The van der Waals surface area contributed by atoms with Crippen LogP contribution in [0, 0.1) is 0 Å². The molecule has 10 heteroatoms. The van der Waals surface area contributed by atoms with Gasteiger partial charge in [0.05, 0.1) is 30.0 Å². The maximum atomic E-state index is 13.8. The zero-order chi connectivity index (χ0) is 26.2. The number of likely N-dealkylation sites (tertiary alicyclic amines) is 1. The minimum absolute atomic E-state index is 0.0685. The van der Waals surface area contributed by atoms with E-state index in [4.69, 9.17) is 4.74 Å². The molecular weight excluding hydrogens is 484 g/mol. The van der Waals surface area contributed by atoms with Crippen molar-refractivity contribution in [2.75, 3.05) is 13.1 Å². The van der Waals surface area contributed by atoms with Gasteiger partial charge in [-0.25, -0.2) is 19.6 Å². The molecule has 0 aliphatic carbocycles. The molecule has 0 radical (unpaired) electrons. The highest BCUT2D eigenvalue weighted by atomic mass is 16.5. The summed E-state index contributed by atoms with van der Waals surface area (Å²) in [6, 6.07) is 20.7. The summed E-state index contributed by atoms with van der Waals surface area (Å²) in [6.07, 6.45) is 3.85. The van der Waals surface area contributed by atoms with E-state index in [1.165, 1.54) is 6.20 Å². The van der Waals surface area contributed by atoms with E-state index in [2.05, 4.69) is 14.9 Å². The molecule has 1 aliphatic rings. The summed E-state index contributed by atoms with van der Waals surface area (Å²) >= 11 is 0. The number of nitrogens with zero attached hydrogens (tertiary/aromatic N) is 6. The lowest BCUT2D eigenvalue weighted by atomic mass is 10.2. The van der Waals surface area contributed by atoms with Gasteiger partial charge in [0.2, 0.25) is 0 Å². The second-order valence-corrected chi connectivity index (χ2v) is 9.34. The first-order chi connectivity index (χ1) is 18.5. The van der Waals surface area contributed by atoms with Crippen LogP contribution in [-0.4, -0.2) is 52.7 Å². The number of aromatic carboxylic acids is 1. The average Bonchev–Trinajstić information content (AvgIpc) is 3.61. The van der Waals surface area contributed by atoms with E-state index in [0.717, 1.165) is 29.9 Å². The first-order valence-corrected chi connectivity index (χ1v) is 12.4. The number of carboxylic acids is 1. The Kier molecular flexibility index (Phi) is 6.01. The lowest BCUT2D eigenvalue weighted by molar-refractivity contribution is 0.0686. The molecule has 5 aromatic rings. The van der Waals surface area contributed by atoms with E-state index in [1.54, 1.807) is 26.9 Å². The molecule has 1 unspecified atom stereocenters. The Hall–Kier alpha value is -4.70. The molecule has 0 spiro atoms. The molecule has 1 saturated heterocycles. The molecule has 4 heterocycles. The number of ether oxygens (including phenoxy) is 1. The molecule has 10 nitrogen and oxygen atoms in total. The molecule has 0 saturated carbocycles. The Morgan fingerprint density at radius 1 is 1.03 bits per heavy atom. The van der Waals surface area contributed by atoms with Crippen molar-refractivity contribution in [1.29, 1.82) is 0 Å². The predicted octanol–water partition coefficient (Wildman–Crippen LogP) is 3.86. The number of carboxylic acid groups (broad SMARTS) is 1. The third kappa shape index (κ3) is 4.24. The molecule has 192 valence electrons. The fourth-order valence-electron chi connectivity index (χ4n) is 5.08. The van der Waals surface area contributed by atoms with Gasteiger partial charge in [-0.05, 0) is 55.0 Å². The van der Waals surface area contributed by atoms with Crippen LogP contribution in [0.4, 0.5) is 0 Å². The minimum atomic E-state index is -1.00. The van der Waals surface area contributed by atoms with Crippen molar-refractivity contribution >= 4 is 17.1 Å². The number of benzene rings is 2. The predicted molar refractivity (Wildman–Crippen MR) is 141 cm³/mol. The third-order valence-corrected chi connectivity index (χ3v) is 6.99. The number of fused-ring (bicyclic) bond motifs is 1. The Morgan fingerprint density at radius 3 is 2.53 bits per heavy atom. The number of imidazole rings is 2. The highest BCUT2D eigenvalue weighted by molar-refractivity contribution is 5.85. The van der Waals surface area contributed by atoms with Gasteiger partial charge in [-0.3, -0.25) is 14.0 Å². The first kappa shape index (κ1) is 23.7. The van der Waals surface area contributed by atoms with Crippen LogP contribution in [0.15, 0.2) is 83.9 Å². The zero-order valence-electron chi connectivity index (χ0n) is 20.8. The average molecular weight is 511 g/mol. The number of carbonyl (C=O) groups is 1. The van der Waals surface area contributed by atoms with Crippen LogP contribution in [0.5, 0.6) is 11.5 Å². The summed E-state index contributed by atoms with van der Waals surface area (Å²) in [4.78, 5) is 36.2. The van der Waals surface area contributed by atoms with Crippen LogP contribution in [0.25, 0.3) is 16.9 Å². The largest absolute Gasteiger partial charge is 0.477 e. The minimum Gasteiger partial charge on any atom is -0.477 e. The third-order valence-electron chi connectivity index (χ3n) is 6.99. The van der Waals surface area contributed by atoms with Crippen LogP contribution in [-0.2, 0) is 13.6 Å². The lowest BCUT2D eigenvalue weighted by Gasteiger charge is -2.16. The number of rotatable bonds is 7. The molecule has 6 rings (SSSR count). The van der Waals surface area contributed by atoms with Gasteiger partial charge in [-0.1, -0.05) is 18.2 Å². The van der Waals surface area contributed by atoms with Gasteiger partial charge in [0, 0.05) is 26.3 Å². The van der Waals surface area contributed by atoms with Crippen molar-refractivity contribution in [2.24, 2.45) is 7.05 Å². The van der Waals surface area contributed by atoms with Gasteiger partial charge < -0.3 is 14.4 Å². The van der Waals surface area contributed by atoms with E-state index in [9.17, 15) is 14.7 Å². The molecule has 1 N–H and O–H groups in total. The fraction of sp³-hybridized carbons (Fsp3) is 0.214. The molecule has 1 aliphatic heterocycles. The summed E-state index contributed by atoms with van der Waals surface area (Å²) in [5.74, 6) is 1.10. The van der Waals surface area contributed by atoms with Gasteiger partial charge in [-0.15, -0.1) is 0 Å². The number of hydrogen-bond acceptors (Lipinski definition) is 6. The van der Waals surface area contributed by atoms with Crippen molar-refractivity contribution in [3.05, 3.63) is 101 Å². The molecular formula is C28H26N6O4. The lowest BCUT2D eigenvalue weighted by Crippen LogP contribution is -2.29. The van der Waals surface area contributed by atoms with Gasteiger partial charge in [0.1, 0.15) is 23.0 Å². The van der Waals surface area contributed by atoms with E-state index in [1.807, 2.05) is 66.7 Å². The van der Waals surface area contributed by atoms with Gasteiger partial charge >= 0.3 is 11.7 Å². The monoisotopic (exact) mass is 510 g/mol. The highest BCUT2D eigenvalue weighted by Crippen LogP contribution is 2.28. The van der Waals surface area contributed by atoms with Crippen molar-refractivity contribution in [2.45, 2.75) is 19.0 Å². The zero-order valence-corrected chi connectivity index (χ0v) is 20.8. The Bertz CT molecular complexity index is 1670. The SMILES string of the molecule is Cn1c(C(=O)O)cnc1CN1CCC(n2c(=O)n(-c3ccc(Oc4ccccc4)cc3)c3cccnc32)C1. The Balaban J connectivity index is 1.28. The number of pyridine rings is 1. The molecule has 1 fully saturated rings. The summed E-state index contributed by atoms with van der Waals surface area (Å²) in [5, 5.41) is 9.31. The van der Waals surface area contributed by atoms with Crippen molar-refractivity contribution < 1.29 is 14.6 Å². The molecule has 2 aromatic carbocycles. The number of para-hydroxylation sites is 1. The normalized spacial score (nSPS) is 15.8. The quantitative estimate of drug-likeness (QED) is 0.354.